The highest BCUT2D eigenvalue weighted by atomic mass is 16.6. The summed E-state index contributed by atoms with van der Waals surface area (Å²) in [4.78, 5) is 25.1. The number of rotatable bonds is 3. The highest BCUT2D eigenvalue weighted by Gasteiger charge is 2.20. The maximum atomic E-state index is 11.9. The molecular formula is C14H23NO3. The molecule has 0 aromatic carbocycles. The van der Waals surface area contributed by atoms with Crippen LogP contribution in [-0.4, -0.2) is 35.5 Å². The molecule has 18 heavy (non-hydrogen) atoms. The zero-order valence-corrected chi connectivity index (χ0v) is 11.8. The minimum atomic E-state index is -0.481. The lowest BCUT2D eigenvalue weighted by atomic mass is 10.1. The Hall–Kier alpha value is -1.32. The third-order valence-corrected chi connectivity index (χ3v) is 2.75. The summed E-state index contributed by atoms with van der Waals surface area (Å²) in [6, 6.07) is 0. The standard InChI is InChI=1S/C14H23NO3/c1-11-7-9-15(10-8-11)12(16)5-6-13(17)18-14(2,3)4/h7H,5-6,8-10H2,1-4H3. The Morgan fingerprint density at radius 2 is 2.00 bits per heavy atom. The lowest BCUT2D eigenvalue weighted by molar-refractivity contribution is -0.156. The quantitative estimate of drug-likeness (QED) is 0.572. The first-order valence-corrected chi connectivity index (χ1v) is 6.43. The summed E-state index contributed by atoms with van der Waals surface area (Å²) in [7, 11) is 0. The third-order valence-electron chi connectivity index (χ3n) is 2.75. The largest absolute Gasteiger partial charge is 0.460 e. The van der Waals surface area contributed by atoms with Gasteiger partial charge in [-0.15, -0.1) is 0 Å². The van der Waals surface area contributed by atoms with Gasteiger partial charge in [0, 0.05) is 19.5 Å². The normalized spacial score (nSPS) is 16.2. The first kappa shape index (κ1) is 14.7. The molecule has 0 saturated heterocycles. The van der Waals surface area contributed by atoms with E-state index in [0.29, 0.717) is 6.54 Å². The molecule has 1 heterocycles. The highest BCUT2D eigenvalue weighted by molar-refractivity contribution is 5.81. The number of amides is 1. The van der Waals surface area contributed by atoms with Crippen LogP contribution in [0.1, 0.15) is 47.0 Å². The van der Waals surface area contributed by atoms with E-state index in [9.17, 15) is 9.59 Å². The van der Waals surface area contributed by atoms with E-state index in [4.69, 9.17) is 4.74 Å². The van der Waals surface area contributed by atoms with Crippen LogP contribution in [0, 0.1) is 0 Å². The van der Waals surface area contributed by atoms with Gasteiger partial charge in [-0.1, -0.05) is 11.6 Å². The molecule has 0 spiro atoms. The average molecular weight is 253 g/mol. The van der Waals surface area contributed by atoms with Gasteiger partial charge in [0.05, 0.1) is 6.42 Å². The summed E-state index contributed by atoms with van der Waals surface area (Å²) in [5.74, 6) is -0.274. The van der Waals surface area contributed by atoms with Crippen LogP contribution in [0.25, 0.3) is 0 Å². The molecule has 0 aliphatic carbocycles. The molecule has 1 aliphatic rings. The topological polar surface area (TPSA) is 46.6 Å². The molecule has 1 amide bonds. The number of carbonyl (C=O) groups excluding carboxylic acids is 2. The third kappa shape index (κ3) is 5.34. The Morgan fingerprint density at radius 1 is 1.33 bits per heavy atom. The van der Waals surface area contributed by atoms with Crippen molar-refractivity contribution in [1.29, 1.82) is 0 Å². The van der Waals surface area contributed by atoms with Gasteiger partial charge in [0.1, 0.15) is 5.60 Å². The molecule has 0 fully saturated rings. The molecule has 1 aliphatic heterocycles. The smallest absolute Gasteiger partial charge is 0.306 e. The van der Waals surface area contributed by atoms with Gasteiger partial charge in [-0.2, -0.15) is 0 Å². The lowest BCUT2D eigenvalue weighted by Crippen LogP contribution is -2.35. The SMILES string of the molecule is CC1=CCN(C(=O)CCC(=O)OC(C)(C)C)CC1. The molecule has 0 bridgehead atoms. The van der Waals surface area contributed by atoms with E-state index < -0.39 is 5.60 Å². The van der Waals surface area contributed by atoms with Crippen molar-refractivity contribution in [2.24, 2.45) is 0 Å². The fraction of sp³-hybridized carbons (Fsp3) is 0.714. The zero-order valence-electron chi connectivity index (χ0n) is 11.8. The number of hydrogen-bond donors (Lipinski definition) is 0. The molecule has 0 aromatic rings. The van der Waals surface area contributed by atoms with Crippen molar-refractivity contribution < 1.29 is 14.3 Å². The number of esters is 1. The molecule has 0 atom stereocenters. The van der Waals surface area contributed by atoms with Gasteiger partial charge in [0.25, 0.3) is 0 Å². The Morgan fingerprint density at radius 3 is 2.50 bits per heavy atom. The van der Waals surface area contributed by atoms with Crippen molar-refractivity contribution in [2.75, 3.05) is 13.1 Å². The number of hydrogen-bond acceptors (Lipinski definition) is 3. The second-order valence-corrected chi connectivity index (χ2v) is 5.73. The Kier molecular flexibility index (Phi) is 4.93. The summed E-state index contributed by atoms with van der Waals surface area (Å²) in [6.07, 6.45) is 3.39. The van der Waals surface area contributed by atoms with Crippen LogP contribution in [0.2, 0.25) is 0 Å². The van der Waals surface area contributed by atoms with Gasteiger partial charge in [0.2, 0.25) is 5.91 Å². The van der Waals surface area contributed by atoms with E-state index in [-0.39, 0.29) is 24.7 Å². The maximum Gasteiger partial charge on any atom is 0.306 e. The molecule has 1 rings (SSSR count). The molecule has 0 aromatic heterocycles. The van der Waals surface area contributed by atoms with Crippen molar-refractivity contribution in [3.63, 3.8) is 0 Å². The van der Waals surface area contributed by atoms with E-state index in [1.165, 1.54) is 5.57 Å². The minimum Gasteiger partial charge on any atom is -0.460 e. The van der Waals surface area contributed by atoms with Crippen molar-refractivity contribution in [3.8, 4) is 0 Å². The molecule has 0 saturated carbocycles. The summed E-state index contributed by atoms with van der Waals surface area (Å²) in [5, 5.41) is 0. The predicted octanol–water partition coefficient (Wildman–Crippen LogP) is 2.29. The molecular weight excluding hydrogens is 230 g/mol. The van der Waals surface area contributed by atoms with Crippen LogP contribution in [0.4, 0.5) is 0 Å². The van der Waals surface area contributed by atoms with E-state index >= 15 is 0 Å². The van der Waals surface area contributed by atoms with Crippen LogP contribution in [0.5, 0.6) is 0 Å². The van der Waals surface area contributed by atoms with Crippen molar-refractivity contribution in [2.45, 2.75) is 52.6 Å². The number of carbonyl (C=O) groups is 2. The zero-order chi connectivity index (χ0) is 13.8. The second-order valence-electron chi connectivity index (χ2n) is 5.73. The van der Waals surface area contributed by atoms with E-state index in [0.717, 1.165) is 13.0 Å². The van der Waals surface area contributed by atoms with Gasteiger partial charge in [-0.05, 0) is 34.1 Å². The van der Waals surface area contributed by atoms with E-state index in [1.54, 1.807) is 4.90 Å². The lowest BCUT2D eigenvalue weighted by Gasteiger charge is -2.25. The van der Waals surface area contributed by atoms with Crippen LogP contribution in [-0.2, 0) is 14.3 Å². The van der Waals surface area contributed by atoms with E-state index in [2.05, 4.69) is 13.0 Å². The highest BCUT2D eigenvalue weighted by Crippen LogP contribution is 2.13. The Balaban J connectivity index is 2.31. The summed E-state index contributed by atoms with van der Waals surface area (Å²) in [5.41, 5.74) is 0.844. The van der Waals surface area contributed by atoms with Crippen molar-refractivity contribution in [1.82, 2.24) is 4.90 Å². The van der Waals surface area contributed by atoms with Crippen molar-refractivity contribution >= 4 is 11.9 Å². The average Bonchev–Trinajstić information content (AvgIpc) is 2.24. The van der Waals surface area contributed by atoms with Crippen LogP contribution in [0.15, 0.2) is 11.6 Å². The Labute approximate surface area is 109 Å². The number of ether oxygens (including phenoxy) is 1. The molecule has 0 radical (unpaired) electrons. The molecule has 4 heteroatoms. The fourth-order valence-electron chi connectivity index (χ4n) is 1.76. The van der Waals surface area contributed by atoms with Gasteiger partial charge < -0.3 is 9.64 Å². The van der Waals surface area contributed by atoms with Crippen LogP contribution < -0.4 is 0 Å². The minimum absolute atomic E-state index is 0.0320. The summed E-state index contributed by atoms with van der Waals surface area (Å²) >= 11 is 0. The van der Waals surface area contributed by atoms with Gasteiger partial charge in [-0.3, -0.25) is 9.59 Å². The van der Waals surface area contributed by atoms with Gasteiger partial charge in [0.15, 0.2) is 0 Å². The Bertz CT molecular complexity index is 353. The monoisotopic (exact) mass is 253 g/mol. The first-order valence-electron chi connectivity index (χ1n) is 6.43. The predicted molar refractivity (Wildman–Crippen MR) is 70.0 cm³/mol. The second kappa shape index (κ2) is 6.03. The molecule has 0 unspecified atom stereocenters. The molecule has 102 valence electrons. The molecule has 4 nitrogen and oxygen atoms in total. The van der Waals surface area contributed by atoms with Gasteiger partial charge >= 0.3 is 5.97 Å². The fourth-order valence-corrected chi connectivity index (χ4v) is 1.76. The van der Waals surface area contributed by atoms with Crippen molar-refractivity contribution in [3.05, 3.63) is 11.6 Å². The maximum absolute atomic E-state index is 11.9. The summed E-state index contributed by atoms with van der Waals surface area (Å²) in [6.45, 7) is 8.97. The number of nitrogens with zero attached hydrogens (tertiary/aromatic N) is 1. The molecule has 0 N–H and O–H groups in total. The van der Waals surface area contributed by atoms with Crippen LogP contribution in [0.3, 0.4) is 0 Å². The van der Waals surface area contributed by atoms with Crippen LogP contribution >= 0.6 is 0 Å². The van der Waals surface area contributed by atoms with Gasteiger partial charge in [-0.25, -0.2) is 0 Å². The van der Waals surface area contributed by atoms with E-state index in [1.807, 2.05) is 20.8 Å². The first-order chi connectivity index (χ1) is 8.28. The summed E-state index contributed by atoms with van der Waals surface area (Å²) < 4.78 is 5.17.